The van der Waals surface area contributed by atoms with E-state index in [1.165, 1.54) is 0 Å². The Morgan fingerprint density at radius 3 is 2.87 bits per heavy atom. The number of esters is 1. The highest BCUT2D eigenvalue weighted by atomic mass is 16.5. The molecule has 0 aromatic carbocycles. The first-order valence-corrected chi connectivity index (χ1v) is 4.91. The van der Waals surface area contributed by atoms with Gasteiger partial charge in [0.05, 0.1) is 18.6 Å². The number of ether oxygens (including phenoxy) is 2. The molecule has 0 aliphatic carbocycles. The zero-order chi connectivity index (χ0) is 11.5. The van der Waals surface area contributed by atoms with E-state index >= 15 is 0 Å². The Kier molecular flexibility index (Phi) is 3.63. The van der Waals surface area contributed by atoms with Gasteiger partial charge < -0.3 is 9.47 Å². The predicted octanol–water partition coefficient (Wildman–Crippen LogP) is 1.24. The molecule has 1 fully saturated rings. The molecule has 0 aromatic heterocycles. The topological polar surface area (TPSA) is 52.6 Å². The van der Waals surface area contributed by atoms with Crippen molar-refractivity contribution in [1.29, 1.82) is 0 Å². The van der Waals surface area contributed by atoms with E-state index in [1.807, 2.05) is 6.92 Å². The lowest BCUT2D eigenvalue weighted by Gasteiger charge is -2.32. The molecule has 0 aromatic rings. The van der Waals surface area contributed by atoms with Crippen molar-refractivity contribution in [3.63, 3.8) is 0 Å². The molecular formula is C11H16O4. The second kappa shape index (κ2) is 4.57. The second-order valence-corrected chi connectivity index (χ2v) is 4.09. The fourth-order valence-electron chi connectivity index (χ4n) is 1.31. The fraction of sp³-hybridized carbons (Fsp3) is 0.636. The van der Waals surface area contributed by atoms with Crippen molar-refractivity contribution in [3.8, 4) is 0 Å². The van der Waals surface area contributed by atoms with Crippen molar-refractivity contribution in [1.82, 2.24) is 0 Å². The molecule has 0 saturated carbocycles. The Morgan fingerprint density at radius 1 is 1.67 bits per heavy atom. The van der Waals surface area contributed by atoms with Crippen LogP contribution in [0.25, 0.3) is 0 Å². The van der Waals surface area contributed by atoms with Crippen molar-refractivity contribution in [2.24, 2.45) is 0 Å². The molecule has 0 radical (unpaired) electrons. The monoisotopic (exact) mass is 212 g/mol. The summed E-state index contributed by atoms with van der Waals surface area (Å²) in [5, 5.41) is 0. The zero-order valence-corrected chi connectivity index (χ0v) is 9.17. The van der Waals surface area contributed by atoms with Crippen LogP contribution in [-0.2, 0) is 19.1 Å². The quantitative estimate of drug-likeness (QED) is 0.519. The van der Waals surface area contributed by atoms with Crippen LogP contribution in [-0.4, -0.2) is 30.6 Å². The smallest absolute Gasteiger partial charge is 0.308 e. The summed E-state index contributed by atoms with van der Waals surface area (Å²) in [6.45, 7) is 7.34. The van der Waals surface area contributed by atoms with Crippen LogP contribution >= 0.6 is 0 Å². The van der Waals surface area contributed by atoms with Gasteiger partial charge in [0, 0.05) is 6.42 Å². The van der Waals surface area contributed by atoms with Crippen molar-refractivity contribution in [2.45, 2.75) is 32.3 Å². The van der Waals surface area contributed by atoms with Gasteiger partial charge in [-0.3, -0.25) is 9.59 Å². The van der Waals surface area contributed by atoms with Crippen molar-refractivity contribution in [3.05, 3.63) is 12.2 Å². The van der Waals surface area contributed by atoms with Crippen LogP contribution in [0.1, 0.15) is 26.7 Å². The Hall–Kier alpha value is -1.16. The fourth-order valence-corrected chi connectivity index (χ4v) is 1.31. The van der Waals surface area contributed by atoms with E-state index in [2.05, 4.69) is 6.58 Å². The zero-order valence-electron chi connectivity index (χ0n) is 9.17. The summed E-state index contributed by atoms with van der Waals surface area (Å²) >= 11 is 0. The first-order chi connectivity index (χ1) is 6.93. The molecule has 0 spiro atoms. The summed E-state index contributed by atoms with van der Waals surface area (Å²) in [6, 6.07) is 0. The Balaban J connectivity index is 2.46. The van der Waals surface area contributed by atoms with E-state index in [9.17, 15) is 9.59 Å². The molecule has 1 aliphatic rings. The number of hydrogen-bond donors (Lipinski definition) is 0. The third-order valence-electron chi connectivity index (χ3n) is 2.44. The average Bonchev–Trinajstić information content (AvgIpc) is 2.13. The third kappa shape index (κ3) is 3.47. The van der Waals surface area contributed by atoms with E-state index in [1.54, 1.807) is 6.92 Å². The highest BCUT2D eigenvalue weighted by Gasteiger charge is 2.33. The van der Waals surface area contributed by atoms with E-state index in [0.717, 1.165) is 0 Å². The van der Waals surface area contributed by atoms with Crippen LogP contribution in [0.3, 0.4) is 0 Å². The van der Waals surface area contributed by atoms with Crippen LogP contribution in [0.2, 0.25) is 0 Å². The summed E-state index contributed by atoms with van der Waals surface area (Å²) in [7, 11) is 0. The number of Topliss-reactive ketones (excluding diaryl/α,β-unsaturated/α-hetero) is 1. The molecular weight excluding hydrogens is 196 g/mol. The van der Waals surface area contributed by atoms with Gasteiger partial charge in [0.1, 0.15) is 6.61 Å². The van der Waals surface area contributed by atoms with Gasteiger partial charge >= 0.3 is 5.97 Å². The molecule has 1 saturated heterocycles. The molecule has 1 heterocycles. The van der Waals surface area contributed by atoms with Gasteiger partial charge in [0.2, 0.25) is 0 Å². The van der Waals surface area contributed by atoms with E-state index in [-0.39, 0.29) is 24.8 Å². The molecule has 0 amide bonds. The highest BCUT2D eigenvalue weighted by molar-refractivity contribution is 5.95. The molecule has 1 unspecified atom stereocenters. The second-order valence-electron chi connectivity index (χ2n) is 4.09. The van der Waals surface area contributed by atoms with Gasteiger partial charge in [0.15, 0.2) is 5.78 Å². The van der Waals surface area contributed by atoms with Gasteiger partial charge in [-0.25, -0.2) is 0 Å². The van der Waals surface area contributed by atoms with Gasteiger partial charge in [-0.05, 0) is 19.4 Å². The first kappa shape index (κ1) is 11.9. The van der Waals surface area contributed by atoms with Crippen molar-refractivity contribution >= 4 is 11.8 Å². The molecule has 1 atom stereocenters. The lowest BCUT2D eigenvalue weighted by atomic mass is 9.96. The highest BCUT2D eigenvalue weighted by Crippen LogP contribution is 2.25. The predicted molar refractivity (Wildman–Crippen MR) is 54.4 cm³/mol. The van der Waals surface area contributed by atoms with Crippen LogP contribution in [0.4, 0.5) is 0 Å². The van der Waals surface area contributed by atoms with Crippen LogP contribution in [0.15, 0.2) is 12.2 Å². The minimum Gasteiger partial charge on any atom is -0.465 e. The summed E-state index contributed by atoms with van der Waals surface area (Å²) in [5.74, 6) is -0.401. The largest absolute Gasteiger partial charge is 0.465 e. The van der Waals surface area contributed by atoms with Crippen LogP contribution < -0.4 is 0 Å². The molecule has 15 heavy (non-hydrogen) atoms. The van der Waals surface area contributed by atoms with Gasteiger partial charge in [-0.1, -0.05) is 6.58 Å². The van der Waals surface area contributed by atoms with E-state index in [4.69, 9.17) is 9.47 Å². The summed E-state index contributed by atoms with van der Waals surface area (Å²) < 4.78 is 10.3. The van der Waals surface area contributed by atoms with Crippen molar-refractivity contribution < 1.29 is 19.1 Å². The Morgan fingerprint density at radius 2 is 2.33 bits per heavy atom. The molecule has 4 nitrogen and oxygen atoms in total. The van der Waals surface area contributed by atoms with Crippen LogP contribution in [0, 0.1) is 0 Å². The van der Waals surface area contributed by atoms with Gasteiger partial charge in [-0.2, -0.15) is 0 Å². The SMILES string of the molecule is C=C(C)C(=O)COC1(C)CCOC(=O)C1. The first-order valence-electron chi connectivity index (χ1n) is 4.91. The number of rotatable bonds is 4. The number of cyclic esters (lactones) is 1. The van der Waals surface area contributed by atoms with Gasteiger partial charge in [0.25, 0.3) is 0 Å². The molecule has 1 aliphatic heterocycles. The maximum atomic E-state index is 11.3. The Bertz CT molecular complexity index is 295. The maximum absolute atomic E-state index is 11.3. The van der Waals surface area contributed by atoms with E-state index < -0.39 is 5.60 Å². The standard InChI is InChI=1S/C11H16O4/c1-8(2)9(12)7-15-11(3)4-5-14-10(13)6-11/h1,4-7H2,2-3H3. The third-order valence-corrected chi connectivity index (χ3v) is 2.44. The van der Waals surface area contributed by atoms with Crippen molar-refractivity contribution in [2.75, 3.05) is 13.2 Å². The number of carbonyl (C=O) groups is 2. The summed E-state index contributed by atoms with van der Waals surface area (Å²) in [6.07, 6.45) is 0.832. The maximum Gasteiger partial charge on any atom is 0.308 e. The summed E-state index contributed by atoms with van der Waals surface area (Å²) in [4.78, 5) is 22.3. The lowest BCUT2D eigenvalue weighted by Crippen LogP contribution is -2.39. The molecule has 4 heteroatoms. The Labute approximate surface area is 89.2 Å². The van der Waals surface area contributed by atoms with Crippen LogP contribution in [0.5, 0.6) is 0 Å². The minimum atomic E-state index is -0.569. The minimum absolute atomic E-state index is 0.0148. The lowest BCUT2D eigenvalue weighted by molar-refractivity contribution is -0.165. The summed E-state index contributed by atoms with van der Waals surface area (Å²) in [5.41, 5.74) is -0.0996. The number of ketones is 1. The normalized spacial score (nSPS) is 25.9. The molecule has 1 rings (SSSR count). The van der Waals surface area contributed by atoms with E-state index in [0.29, 0.717) is 18.6 Å². The number of carbonyl (C=O) groups excluding carboxylic acids is 2. The molecule has 84 valence electrons. The average molecular weight is 212 g/mol. The number of hydrogen-bond acceptors (Lipinski definition) is 4. The van der Waals surface area contributed by atoms with Gasteiger partial charge in [-0.15, -0.1) is 0 Å². The molecule has 0 bridgehead atoms. The molecule has 0 N–H and O–H groups in total.